The highest BCUT2D eigenvalue weighted by Crippen LogP contribution is 2.71. The van der Waals surface area contributed by atoms with Crippen molar-refractivity contribution < 1.29 is 23.7 Å². The molecule has 5 fully saturated rings. The van der Waals surface area contributed by atoms with Gasteiger partial charge in [-0.15, -0.1) is 0 Å². The Hall–Kier alpha value is -0.750. The second-order valence-electron chi connectivity index (χ2n) is 10.6. The van der Waals surface area contributed by atoms with E-state index in [1.54, 1.807) is 0 Å². The quantitative estimate of drug-likeness (QED) is 0.629. The predicted molar refractivity (Wildman–Crippen MR) is 101 cm³/mol. The lowest BCUT2D eigenvalue weighted by atomic mass is 9.46. The van der Waals surface area contributed by atoms with Crippen LogP contribution in [0.5, 0.6) is 0 Å². The summed E-state index contributed by atoms with van der Waals surface area (Å²) in [4.78, 5) is 12.0. The number of fused-ring (bicyclic) bond motifs is 7. The SMILES string of the molecule is C[C@]12CCC(=O)C=C1CC[C@H]1[C@H]3CC[C@@]4(OCO[C@]45COCO5)[C@]3(C)CC[C@@H]12. The van der Waals surface area contributed by atoms with Crippen LogP contribution in [0.2, 0.25) is 0 Å². The van der Waals surface area contributed by atoms with Crippen molar-refractivity contribution in [1.29, 1.82) is 0 Å². The molecule has 0 radical (unpaired) electrons. The van der Waals surface area contributed by atoms with Gasteiger partial charge >= 0.3 is 0 Å². The second-order valence-corrected chi connectivity index (χ2v) is 10.6. The summed E-state index contributed by atoms with van der Waals surface area (Å²) in [6.45, 7) is 5.98. The molecule has 0 aromatic rings. The first-order chi connectivity index (χ1) is 13.4. The zero-order valence-corrected chi connectivity index (χ0v) is 17.1. The summed E-state index contributed by atoms with van der Waals surface area (Å²) in [5.41, 5.74) is 1.32. The van der Waals surface area contributed by atoms with E-state index in [4.69, 9.17) is 18.9 Å². The monoisotopic (exact) mass is 388 g/mol. The average Bonchev–Trinajstić information content (AvgIpc) is 3.37. The number of hydrogen-bond donors (Lipinski definition) is 0. The van der Waals surface area contributed by atoms with E-state index in [1.165, 1.54) is 24.8 Å². The maximum atomic E-state index is 12.0. The normalized spacial score (nSPS) is 55.3. The number of allylic oxidation sites excluding steroid dienone is 1. The van der Waals surface area contributed by atoms with Gasteiger partial charge in [0.2, 0.25) is 5.79 Å². The summed E-state index contributed by atoms with van der Waals surface area (Å²) in [5.74, 6) is 1.64. The second kappa shape index (κ2) is 5.69. The Morgan fingerprint density at radius 1 is 0.929 bits per heavy atom. The summed E-state index contributed by atoms with van der Waals surface area (Å²) in [6.07, 6.45) is 10.6. The van der Waals surface area contributed by atoms with Crippen LogP contribution in [0.15, 0.2) is 11.6 Å². The Morgan fingerprint density at radius 3 is 2.57 bits per heavy atom. The molecule has 6 rings (SSSR count). The minimum absolute atomic E-state index is 0.0560. The first kappa shape index (κ1) is 18.1. The fourth-order valence-electron chi connectivity index (χ4n) is 8.54. The number of hydrogen-bond acceptors (Lipinski definition) is 5. The Morgan fingerprint density at radius 2 is 1.75 bits per heavy atom. The minimum Gasteiger partial charge on any atom is -0.350 e. The van der Waals surface area contributed by atoms with Gasteiger partial charge in [-0.1, -0.05) is 19.4 Å². The number of rotatable bonds is 0. The van der Waals surface area contributed by atoms with Crippen LogP contribution in [0.25, 0.3) is 0 Å². The molecule has 2 heterocycles. The molecule has 0 aromatic carbocycles. The maximum absolute atomic E-state index is 12.0. The van der Waals surface area contributed by atoms with Crippen LogP contribution in [-0.2, 0) is 23.7 Å². The molecule has 2 spiro atoms. The summed E-state index contributed by atoms with van der Waals surface area (Å²) in [6, 6.07) is 0. The fraction of sp³-hybridized carbons (Fsp3) is 0.870. The number of ether oxygens (including phenoxy) is 4. The third-order valence-corrected chi connectivity index (χ3v) is 9.96. The van der Waals surface area contributed by atoms with E-state index in [-0.39, 0.29) is 16.4 Å². The van der Waals surface area contributed by atoms with Crippen LogP contribution in [0.3, 0.4) is 0 Å². The van der Waals surface area contributed by atoms with Crippen LogP contribution in [0.1, 0.15) is 65.2 Å². The van der Waals surface area contributed by atoms with E-state index in [9.17, 15) is 4.79 Å². The van der Waals surface area contributed by atoms with Gasteiger partial charge in [0.25, 0.3) is 0 Å². The fourth-order valence-corrected chi connectivity index (χ4v) is 8.54. The predicted octanol–water partition coefficient (Wildman–Crippen LogP) is 3.96. The van der Waals surface area contributed by atoms with Crippen LogP contribution < -0.4 is 0 Å². The molecule has 28 heavy (non-hydrogen) atoms. The maximum Gasteiger partial charge on any atom is 0.226 e. The van der Waals surface area contributed by atoms with Crippen LogP contribution in [0.4, 0.5) is 0 Å². The molecule has 2 saturated heterocycles. The van der Waals surface area contributed by atoms with Gasteiger partial charge in [-0.05, 0) is 74.2 Å². The molecule has 5 nitrogen and oxygen atoms in total. The molecular formula is C23H32O5. The summed E-state index contributed by atoms with van der Waals surface area (Å²) in [7, 11) is 0. The standard InChI is InChI=1S/C23H32O5/c1-20-8-5-16(24)11-15(20)3-4-17-18(20)6-9-21(2)19(17)7-10-22(21)23(28-14-26-22)12-25-13-27-23/h11,17-19H,3-10,12-14H2,1-2H3/t17-,18+,19-,20+,21-,22-,23-/m1/s1. The molecule has 2 aliphatic heterocycles. The lowest BCUT2D eigenvalue weighted by Crippen LogP contribution is -2.63. The lowest BCUT2D eigenvalue weighted by molar-refractivity contribution is -0.248. The Bertz CT molecular complexity index is 734. The molecule has 6 aliphatic rings. The van der Waals surface area contributed by atoms with Gasteiger partial charge in [0, 0.05) is 11.8 Å². The van der Waals surface area contributed by atoms with Crippen molar-refractivity contribution in [2.45, 2.75) is 76.6 Å². The van der Waals surface area contributed by atoms with Gasteiger partial charge < -0.3 is 18.9 Å². The molecule has 0 aromatic heterocycles. The van der Waals surface area contributed by atoms with Gasteiger partial charge in [-0.25, -0.2) is 0 Å². The van der Waals surface area contributed by atoms with E-state index in [1.807, 2.05) is 6.08 Å². The first-order valence-electron chi connectivity index (χ1n) is 11.2. The van der Waals surface area contributed by atoms with Gasteiger partial charge in [0.05, 0.1) is 0 Å². The largest absolute Gasteiger partial charge is 0.350 e. The number of carbonyl (C=O) groups excluding carboxylic acids is 1. The topological polar surface area (TPSA) is 54.0 Å². The zero-order chi connectivity index (χ0) is 19.2. The zero-order valence-electron chi connectivity index (χ0n) is 17.1. The molecule has 7 atom stereocenters. The van der Waals surface area contributed by atoms with E-state index < -0.39 is 5.79 Å². The van der Waals surface area contributed by atoms with E-state index in [0.717, 1.165) is 32.1 Å². The highest BCUT2D eigenvalue weighted by Gasteiger charge is 2.75. The van der Waals surface area contributed by atoms with Crippen molar-refractivity contribution in [1.82, 2.24) is 0 Å². The van der Waals surface area contributed by atoms with Gasteiger partial charge in [0.1, 0.15) is 12.2 Å². The van der Waals surface area contributed by atoms with Crippen LogP contribution in [0, 0.1) is 28.6 Å². The molecule has 154 valence electrons. The van der Waals surface area contributed by atoms with E-state index >= 15 is 0 Å². The molecule has 3 saturated carbocycles. The Labute approximate surface area is 167 Å². The van der Waals surface area contributed by atoms with E-state index in [0.29, 0.717) is 43.7 Å². The molecule has 0 bridgehead atoms. The number of carbonyl (C=O) groups is 1. The third kappa shape index (κ3) is 1.95. The van der Waals surface area contributed by atoms with Crippen molar-refractivity contribution in [2.24, 2.45) is 28.6 Å². The van der Waals surface area contributed by atoms with Crippen LogP contribution in [-0.4, -0.2) is 37.4 Å². The smallest absolute Gasteiger partial charge is 0.226 e. The van der Waals surface area contributed by atoms with Crippen molar-refractivity contribution in [3.63, 3.8) is 0 Å². The average molecular weight is 389 g/mol. The Kier molecular flexibility index (Phi) is 3.67. The first-order valence-corrected chi connectivity index (χ1v) is 11.2. The molecule has 0 N–H and O–H groups in total. The van der Waals surface area contributed by atoms with Gasteiger partial charge in [0.15, 0.2) is 19.4 Å². The van der Waals surface area contributed by atoms with Gasteiger partial charge in [-0.2, -0.15) is 0 Å². The van der Waals surface area contributed by atoms with Crippen molar-refractivity contribution in [2.75, 3.05) is 20.2 Å². The van der Waals surface area contributed by atoms with E-state index in [2.05, 4.69) is 13.8 Å². The highest BCUT2D eigenvalue weighted by molar-refractivity contribution is 5.91. The summed E-state index contributed by atoms with van der Waals surface area (Å²) < 4.78 is 24.3. The van der Waals surface area contributed by atoms with Crippen molar-refractivity contribution in [3.05, 3.63) is 11.6 Å². The van der Waals surface area contributed by atoms with Crippen molar-refractivity contribution >= 4 is 5.78 Å². The third-order valence-electron chi connectivity index (χ3n) is 9.96. The molecule has 4 aliphatic carbocycles. The number of ketones is 1. The molecule has 5 heteroatoms. The Balaban J connectivity index is 1.37. The van der Waals surface area contributed by atoms with Crippen molar-refractivity contribution in [3.8, 4) is 0 Å². The minimum atomic E-state index is -0.718. The highest BCUT2D eigenvalue weighted by atomic mass is 16.9. The molecular weight excluding hydrogens is 356 g/mol. The molecule has 0 unspecified atom stereocenters. The summed E-state index contributed by atoms with van der Waals surface area (Å²) >= 11 is 0. The van der Waals surface area contributed by atoms with Gasteiger partial charge in [-0.3, -0.25) is 4.79 Å². The molecule has 0 amide bonds. The lowest BCUT2D eigenvalue weighted by Gasteiger charge is -2.60. The van der Waals surface area contributed by atoms with Crippen LogP contribution >= 0.6 is 0 Å². The summed E-state index contributed by atoms with van der Waals surface area (Å²) in [5, 5.41) is 0.